The zero-order chi connectivity index (χ0) is 21.2. The van der Waals surface area contributed by atoms with Gasteiger partial charge in [0.1, 0.15) is 16.7 Å². The number of methoxy groups -OCH3 is 1. The molecule has 3 rings (SSSR count). The van der Waals surface area contributed by atoms with Gasteiger partial charge in [0.05, 0.1) is 7.11 Å². The fourth-order valence-corrected chi connectivity index (χ4v) is 4.57. The highest BCUT2D eigenvalue weighted by Gasteiger charge is 2.32. The zero-order valence-corrected chi connectivity index (χ0v) is 17.8. The van der Waals surface area contributed by atoms with Gasteiger partial charge >= 0.3 is 0 Å². The van der Waals surface area contributed by atoms with Crippen molar-refractivity contribution in [3.8, 4) is 5.75 Å². The van der Waals surface area contributed by atoms with Gasteiger partial charge in [-0.1, -0.05) is 0 Å². The Morgan fingerprint density at radius 3 is 2.34 bits per heavy atom. The van der Waals surface area contributed by atoms with Crippen LogP contribution < -0.4 is 4.74 Å². The molecular weight excluding hydrogens is 398 g/mol. The first-order valence-electron chi connectivity index (χ1n) is 9.56. The molecule has 0 bridgehead atoms. The molecule has 0 radical (unpaired) electrons. The lowest BCUT2D eigenvalue weighted by Gasteiger charge is -2.35. The second-order valence-electron chi connectivity index (χ2n) is 7.27. The molecule has 2 saturated heterocycles. The maximum atomic E-state index is 12.9. The minimum absolute atomic E-state index is 0.0154. The molecule has 0 unspecified atom stereocenters. The van der Waals surface area contributed by atoms with Crippen molar-refractivity contribution in [1.82, 2.24) is 14.1 Å². The van der Waals surface area contributed by atoms with Crippen molar-refractivity contribution in [3.63, 3.8) is 0 Å². The quantitative estimate of drug-likeness (QED) is 0.678. The Bertz CT molecular complexity index is 872. The molecule has 2 amide bonds. The van der Waals surface area contributed by atoms with E-state index in [1.54, 1.807) is 15.9 Å². The Morgan fingerprint density at radius 1 is 1.14 bits per heavy atom. The molecule has 0 N–H and O–H groups in total. The van der Waals surface area contributed by atoms with Crippen molar-refractivity contribution >= 4 is 21.8 Å². The Kier molecular flexibility index (Phi) is 6.45. The lowest BCUT2D eigenvalue weighted by molar-refractivity contribution is -0.142. The van der Waals surface area contributed by atoms with Gasteiger partial charge in [0.2, 0.25) is 10.0 Å². The van der Waals surface area contributed by atoms with Crippen LogP contribution in [0.25, 0.3) is 0 Å². The van der Waals surface area contributed by atoms with Gasteiger partial charge in [-0.15, -0.1) is 0 Å². The van der Waals surface area contributed by atoms with Crippen molar-refractivity contribution in [3.05, 3.63) is 23.8 Å². The molecule has 1 aromatic rings. The number of nitrogens with zero attached hydrogens (tertiary/aromatic N) is 3. The van der Waals surface area contributed by atoms with E-state index >= 15 is 0 Å². The zero-order valence-electron chi connectivity index (χ0n) is 17.0. The predicted molar refractivity (Wildman–Crippen MR) is 105 cm³/mol. The van der Waals surface area contributed by atoms with Gasteiger partial charge in [0.15, 0.2) is 0 Å². The summed E-state index contributed by atoms with van der Waals surface area (Å²) in [5, 5.41) is 0. The maximum Gasteiger partial charge on any atom is 0.254 e. The first-order valence-corrected chi connectivity index (χ1v) is 11.0. The molecule has 2 aliphatic heterocycles. The average Bonchev–Trinajstić information content (AvgIpc) is 3.27. The number of amides is 2. The number of hydrogen-bond donors (Lipinski definition) is 0. The molecule has 29 heavy (non-hydrogen) atoms. The van der Waals surface area contributed by atoms with Crippen LogP contribution in [-0.4, -0.2) is 94.4 Å². The highest BCUT2D eigenvalue weighted by Crippen LogP contribution is 2.27. The summed E-state index contributed by atoms with van der Waals surface area (Å²) in [5.41, 5.74) is 0.269. The molecule has 0 spiro atoms. The first kappa shape index (κ1) is 21.5. The summed E-state index contributed by atoms with van der Waals surface area (Å²) in [6.07, 6.45) is 1.27. The number of sulfonamides is 1. The van der Waals surface area contributed by atoms with E-state index in [9.17, 15) is 18.0 Å². The Balaban J connectivity index is 1.72. The number of ether oxygens (including phenoxy) is 2. The van der Waals surface area contributed by atoms with Gasteiger partial charge in [-0.3, -0.25) is 9.59 Å². The summed E-state index contributed by atoms with van der Waals surface area (Å²) >= 11 is 0. The summed E-state index contributed by atoms with van der Waals surface area (Å²) < 4.78 is 36.8. The van der Waals surface area contributed by atoms with E-state index in [-0.39, 0.29) is 34.1 Å². The van der Waals surface area contributed by atoms with Crippen LogP contribution in [0, 0.1) is 0 Å². The van der Waals surface area contributed by atoms with E-state index < -0.39 is 10.0 Å². The van der Waals surface area contributed by atoms with Crippen molar-refractivity contribution in [2.24, 2.45) is 0 Å². The highest BCUT2D eigenvalue weighted by molar-refractivity contribution is 7.89. The van der Waals surface area contributed by atoms with E-state index in [0.717, 1.165) is 17.1 Å². The molecule has 0 aromatic heterocycles. The average molecular weight is 426 g/mol. The predicted octanol–water partition coefficient (Wildman–Crippen LogP) is 0.409. The van der Waals surface area contributed by atoms with Gasteiger partial charge in [-0.25, -0.2) is 12.7 Å². The summed E-state index contributed by atoms with van der Waals surface area (Å²) in [7, 11) is 0.468. The number of benzene rings is 1. The standard InChI is InChI=1S/C19H27N3O6S/c1-20(2)29(25,26)17-13-14(6-7-15(17)27-3)18(23)21-8-10-22(11-9-21)19(24)16-5-4-12-28-16/h6-7,13,16H,4-5,8-12H2,1-3H3/t16-/m0/s1. The first-order chi connectivity index (χ1) is 13.8. The molecule has 10 heteroatoms. The second kappa shape index (κ2) is 8.68. The monoisotopic (exact) mass is 425 g/mol. The third-order valence-corrected chi connectivity index (χ3v) is 7.09. The number of carbonyl (C=O) groups excluding carboxylic acids is 2. The normalized spacial score (nSPS) is 20.2. The van der Waals surface area contributed by atoms with E-state index in [1.165, 1.54) is 33.3 Å². The fraction of sp³-hybridized carbons (Fsp3) is 0.579. The third kappa shape index (κ3) is 4.39. The molecule has 2 fully saturated rings. The molecule has 9 nitrogen and oxygen atoms in total. The van der Waals surface area contributed by atoms with Crippen LogP contribution in [0.5, 0.6) is 5.75 Å². The highest BCUT2D eigenvalue weighted by atomic mass is 32.2. The molecule has 1 aromatic carbocycles. The van der Waals surface area contributed by atoms with Gasteiger partial charge in [0, 0.05) is 52.4 Å². The largest absolute Gasteiger partial charge is 0.495 e. The Labute approximate surface area is 171 Å². The summed E-state index contributed by atoms with van der Waals surface area (Å²) in [5.74, 6) is -0.104. The van der Waals surface area contributed by atoms with E-state index in [0.29, 0.717) is 32.8 Å². The summed E-state index contributed by atoms with van der Waals surface area (Å²) in [6.45, 7) is 2.26. The smallest absolute Gasteiger partial charge is 0.254 e. The lowest BCUT2D eigenvalue weighted by Crippen LogP contribution is -2.52. The van der Waals surface area contributed by atoms with Gasteiger partial charge in [0.25, 0.3) is 11.8 Å². The lowest BCUT2D eigenvalue weighted by atomic mass is 10.1. The topological polar surface area (TPSA) is 96.5 Å². The van der Waals surface area contributed by atoms with Crippen LogP contribution in [0.4, 0.5) is 0 Å². The number of piperazine rings is 1. The minimum atomic E-state index is -3.77. The van der Waals surface area contributed by atoms with Crippen molar-refractivity contribution in [2.45, 2.75) is 23.8 Å². The van der Waals surface area contributed by atoms with E-state index in [2.05, 4.69) is 0 Å². The van der Waals surface area contributed by atoms with Crippen LogP contribution in [0.15, 0.2) is 23.1 Å². The van der Waals surface area contributed by atoms with Gasteiger partial charge < -0.3 is 19.3 Å². The summed E-state index contributed by atoms with van der Waals surface area (Å²) in [4.78, 5) is 28.7. The second-order valence-corrected chi connectivity index (χ2v) is 9.39. The van der Waals surface area contributed by atoms with Gasteiger partial charge in [-0.05, 0) is 31.0 Å². The molecule has 1 atom stereocenters. The van der Waals surface area contributed by atoms with Crippen LogP contribution in [0.1, 0.15) is 23.2 Å². The SMILES string of the molecule is COc1ccc(C(=O)N2CCN(C(=O)[C@@H]3CCCO3)CC2)cc1S(=O)(=O)N(C)C. The van der Waals surface area contributed by atoms with E-state index in [4.69, 9.17) is 9.47 Å². The van der Waals surface area contributed by atoms with Crippen LogP contribution in [-0.2, 0) is 19.6 Å². The van der Waals surface area contributed by atoms with Crippen molar-refractivity contribution in [2.75, 3.05) is 54.0 Å². The molecular formula is C19H27N3O6S. The molecule has 0 saturated carbocycles. The van der Waals surface area contributed by atoms with Crippen molar-refractivity contribution in [1.29, 1.82) is 0 Å². The Morgan fingerprint density at radius 2 is 1.79 bits per heavy atom. The van der Waals surface area contributed by atoms with E-state index in [1.807, 2.05) is 0 Å². The fourth-order valence-electron chi connectivity index (χ4n) is 3.50. The number of hydrogen-bond acceptors (Lipinski definition) is 6. The molecule has 160 valence electrons. The van der Waals surface area contributed by atoms with Crippen molar-refractivity contribution < 1.29 is 27.5 Å². The van der Waals surface area contributed by atoms with Crippen LogP contribution in [0.2, 0.25) is 0 Å². The maximum absolute atomic E-state index is 12.9. The molecule has 2 aliphatic rings. The molecule has 2 heterocycles. The Hall–Kier alpha value is -2.17. The van der Waals surface area contributed by atoms with Gasteiger partial charge in [-0.2, -0.15) is 0 Å². The number of carbonyl (C=O) groups is 2. The third-order valence-electron chi connectivity index (χ3n) is 5.25. The summed E-state index contributed by atoms with van der Waals surface area (Å²) in [6, 6.07) is 4.39. The number of rotatable bonds is 5. The van der Waals surface area contributed by atoms with Crippen LogP contribution in [0.3, 0.4) is 0 Å². The van der Waals surface area contributed by atoms with Crippen LogP contribution >= 0.6 is 0 Å². The molecule has 0 aliphatic carbocycles. The minimum Gasteiger partial charge on any atom is -0.495 e.